The van der Waals surface area contributed by atoms with E-state index in [0.29, 0.717) is 13.1 Å². The van der Waals surface area contributed by atoms with Crippen molar-refractivity contribution in [2.45, 2.75) is 45.3 Å². The van der Waals surface area contributed by atoms with E-state index >= 15 is 0 Å². The van der Waals surface area contributed by atoms with E-state index in [1.165, 1.54) is 0 Å². The van der Waals surface area contributed by atoms with Crippen LogP contribution in [-0.4, -0.2) is 32.3 Å². The number of benzene rings is 1. The second-order valence-electron chi connectivity index (χ2n) is 6.20. The van der Waals surface area contributed by atoms with Crippen molar-refractivity contribution in [3.63, 3.8) is 0 Å². The van der Waals surface area contributed by atoms with Gasteiger partial charge < -0.3 is 15.0 Å². The fourth-order valence-electron chi connectivity index (χ4n) is 2.47. The van der Waals surface area contributed by atoms with Crippen LogP contribution in [0.2, 0.25) is 0 Å². The van der Waals surface area contributed by atoms with Gasteiger partial charge in [0.25, 0.3) is 0 Å². The van der Waals surface area contributed by atoms with Crippen molar-refractivity contribution in [1.29, 1.82) is 0 Å². The van der Waals surface area contributed by atoms with Gasteiger partial charge in [0.2, 0.25) is 5.91 Å². The third kappa shape index (κ3) is 4.63. The zero-order valence-corrected chi connectivity index (χ0v) is 13.9. The number of amides is 1. The summed E-state index contributed by atoms with van der Waals surface area (Å²) in [6, 6.07) is 9.21. The third-order valence-corrected chi connectivity index (χ3v) is 3.74. The van der Waals surface area contributed by atoms with Gasteiger partial charge in [0, 0.05) is 19.0 Å². The molecule has 2 rings (SSSR count). The molecule has 1 amide bonds. The van der Waals surface area contributed by atoms with E-state index in [9.17, 15) is 9.90 Å². The molecule has 0 aliphatic rings. The predicted molar refractivity (Wildman–Crippen MR) is 87.8 cm³/mol. The number of aromatic nitrogens is 3. The molecular formula is C17H24N4O2. The molecule has 0 aliphatic heterocycles. The molecule has 1 heterocycles. The van der Waals surface area contributed by atoms with Crippen LogP contribution < -0.4 is 5.32 Å². The molecule has 0 bridgehead atoms. The summed E-state index contributed by atoms with van der Waals surface area (Å²) >= 11 is 0. The van der Waals surface area contributed by atoms with Gasteiger partial charge in [0.1, 0.15) is 12.2 Å². The Kier molecular flexibility index (Phi) is 5.50. The van der Waals surface area contributed by atoms with Gasteiger partial charge >= 0.3 is 0 Å². The number of carbonyl (C=O) groups excluding carboxylic acids is 1. The molecule has 6 heteroatoms. The van der Waals surface area contributed by atoms with Crippen LogP contribution in [-0.2, 0) is 16.9 Å². The van der Waals surface area contributed by atoms with E-state index in [2.05, 4.69) is 29.4 Å². The normalized spacial score (nSPS) is 13.8. The van der Waals surface area contributed by atoms with Gasteiger partial charge in [0.15, 0.2) is 0 Å². The van der Waals surface area contributed by atoms with Gasteiger partial charge in [-0.1, -0.05) is 44.2 Å². The van der Waals surface area contributed by atoms with Crippen LogP contribution in [0.15, 0.2) is 36.7 Å². The van der Waals surface area contributed by atoms with Crippen LogP contribution in [0.25, 0.3) is 0 Å². The van der Waals surface area contributed by atoms with Gasteiger partial charge in [0.05, 0.1) is 12.0 Å². The van der Waals surface area contributed by atoms with E-state index in [1.807, 2.05) is 34.9 Å². The number of hydrogen-bond acceptors (Lipinski definition) is 4. The van der Waals surface area contributed by atoms with Crippen LogP contribution in [0, 0.1) is 0 Å². The Bertz CT molecular complexity index is 635. The summed E-state index contributed by atoms with van der Waals surface area (Å²) in [4.78, 5) is 12.1. The smallest absolute Gasteiger partial charge is 0.223 e. The monoisotopic (exact) mass is 316 g/mol. The van der Waals surface area contributed by atoms with E-state index in [0.717, 1.165) is 11.4 Å². The maximum atomic E-state index is 12.1. The van der Waals surface area contributed by atoms with Gasteiger partial charge in [-0.2, -0.15) is 0 Å². The minimum Gasteiger partial charge on any atom is -0.385 e. The van der Waals surface area contributed by atoms with Crippen molar-refractivity contribution >= 4 is 5.91 Å². The van der Waals surface area contributed by atoms with Crippen molar-refractivity contribution in [1.82, 2.24) is 20.1 Å². The molecule has 23 heavy (non-hydrogen) atoms. The first-order valence-corrected chi connectivity index (χ1v) is 7.82. The quantitative estimate of drug-likeness (QED) is 0.816. The standard InChI is InChI=1S/C17H24N4O2/c1-13(2)16-20-19-12-21(16)10-9-18-15(22)11-17(3,23)14-7-5-4-6-8-14/h4-8,12-13,23H,9-11H2,1-3H3,(H,18,22). The van der Waals surface area contributed by atoms with Crippen molar-refractivity contribution in [3.8, 4) is 0 Å². The summed E-state index contributed by atoms with van der Waals surface area (Å²) in [7, 11) is 0. The molecule has 0 radical (unpaired) electrons. The molecule has 124 valence electrons. The average Bonchev–Trinajstić information content (AvgIpc) is 2.96. The zero-order chi connectivity index (χ0) is 16.9. The van der Waals surface area contributed by atoms with Crippen LogP contribution in [0.5, 0.6) is 0 Å². The van der Waals surface area contributed by atoms with Crippen LogP contribution in [0.3, 0.4) is 0 Å². The first kappa shape index (κ1) is 17.1. The number of hydrogen-bond donors (Lipinski definition) is 2. The summed E-state index contributed by atoms with van der Waals surface area (Å²) in [5.74, 6) is 1.00. The average molecular weight is 316 g/mol. The van der Waals surface area contributed by atoms with E-state index < -0.39 is 5.60 Å². The summed E-state index contributed by atoms with van der Waals surface area (Å²) in [5.41, 5.74) is -0.443. The number of rotatable bonds is 7. The Balaban J connectivity index is 1.84. The Morgan fingerprint density at radius 3 is 2.70 bits per heavy atom. The molecule has 1 atom stereocenters. The van der Waals surface area contributed by atoms with Crippen LogP contribution in [0.4, 0.5) is 0 Å². The highest BCUT2D eigenvalue weighted by atomic mass is 16.3. The number of nitrogens with zero attached hydrogens (tertiary/aromatic N) is 3. The SMILES string of the molecule is CC(C)c1nncn1CCNC(=O)CC(C)(O)c1ccccc1. The second-order valence-corrected chi connectivity index (χ2v) is 6.20. The molecule has 0 saturated heterocycles. The second kappa shape index (κ2) is 7.37. The topological polar surface area (TPSA) is 80.0 Å². The summed E-state index contributed by atoms with van der Waals surface area (Å²) < 4.78 is 1.93. The minimum atomic E-state index is -1.18. The van der Waals surface area contributed by atoms with Gasteiger partial charge in [-0.05, 0) is 12.5 Å². The summed E-state index contributed by atoms with van der Waals surface area (Å²) in [6.45, 7) is 6.84. The Morgan fingerprint density at radius 1 is 1.35 bits per heavy atom. The minimum absolute atomic E-state index is 0.0240. The Labute approximate surface area is 136 Å². The number of carbonyl (C=O) groups is 1. The molecule has 1 unspecified atom stereocenters. The molecule has 0 fully saturated rings. The predicted octanol–water partition coefficient (Wildman–Crippen LogP) is 1.82. The fraction of sp³-hybridized carbons (Fsp3) is 0.471. The highest BCUT2D eigenvalue weighted by Crippen LogP contribution is 2.23. The lowest BCUT2D eigenvalue weighted by molar-refractivity contribution is -0.125. The molecule has 2 N–H and O–H groups in total. The molecule has 0 spiro atoms. The first-order chi connectivity index (χ1) is 10.9. The van der Waals surface area contributed by atoms with E-state index in [1.54, 1.807) is 13.3 Å². The maximum absolute atomic E-state index is 12.1. The van der Waals surface area contributed by atoms with E-state index in [-0.39, 0.29) is 18.2 Å². The molecular weight excluding hydrogens is 292 g/mol. The lowest BCUT2D eigenvalue weighted by Crippen LogP contribution is -2.34. The van der Waals surface area contributed by atoms with Crippen molar-refractivity contribution in [2.75, 3.05) is 6.54 Å². The highest BCUT2D eigenvalue weighted by Gasteiger charge is 2.26. The lowest BCUT2D eigenvalue weighted by atomic mass is 9.92. The summed E-state index contributed by atoms with van der Waals surface area (Å²) in [6.07, 6.45) is 1.69. The Morgan fingerprint density at radius 2 is 2.04 bits per heavy atom. The number of aliphatic hydroxyl groups is 1. The fourth-order valence-corrected chi connectivity index (χ4v) is 2.47. The number of nitrogens with one attached hydrogen (secondary N) is 1. The van der Waals surface area contributed by atoms with Gasteiger partial charge in [-0.25, -0.2) is 0 Å². The summed E-state index contributed by atoms with van der Waals surface area (Å²) in [5, 5.41) is 21.3. The van der Waals surface area contributed by atoms with Gasteiger partial charge in [-0.15, -0.1) is 10.2 Å². The largest absolute Gasteiger partial charge is 0.385 e. The molecule has 0 aliphatic carbocycles. The van der Waals surface area contributed by atoms with Crippen molar-refractivity contribution in [2.24, 2.45) is 0 Å². The molecule has 6 nitrogen and oxygen atoms in total. The lowest BCUT2D eigenvalue weighted by Gasteiger charge is -2.23. The maximum Gasteiger partial charge on any atom is 0.223 e. The van der Waals surface area contributed by atoms with Crippen LogP contribution in [0.1, 0.15) is 44.5 Å². The van der Waals surface area contributed by atoms with Crippen molar-refractivity contribution in [3.05, 3.63) is 48.0 Å². The van der Waals surface area contributed by atoms with E-state index in [4.69, 9.17) is 0 Å². The van der Waals surface area contributed by atoms with Gasteiger partial charge in [-0.3, -0.25) is 4.79 Å². The Hall–Kier alpha value is -2.21. The third-order valence-electron chi connectivity index (χ3n) is 3.74. The van der Waals surface area contributed by atoms with Crippen molar-refractivity contribution < 1.29 is 9.90 Å². The molecule has 1 aromatic carbocycles. The first-order valence-electron chi connectivity index (χ1n) is 7.82. The molecule has 1 aromatic heterocycles. The zero-order valence-electron chi connectivity index (χ0n) is 13.9. The highest BCUT2D eigenvalue weighted by molar-refractivity contribution is 5.77. The molecule has 2 aromatic rings. The molecule has 0 saturated carbocycles. The van der Waals surface area contributed by atoms with Crippen LogP contribution >= 0.6 is 0 Å².